The number of aliphatic hydroxyl groups excluding tert-OH is 1. The average molecular weight is 382 g/mol. The molecule has 3 aromatic rings. The van der Waals surface area contributed by atoms with Gasteiger partial charge in [-0.15, -0.1) is 0 Å². The lowest BCUT2D eigenvalue weighted by Crippen LogP contribution is -2.29. The summed E-state index contributed by atoms with van der Waals surface area (Å²) in [5.41, 5.74) is 1.33. The van der Waals surface area contributed by atoms with Crippen molar-refractivity contribution in [3.8, 4) is 0 Å². The number of hydrogen-bond donors (Lipinski definition) is 2. The molecule has 2 aromatic heterocycles. The number of aliphatic hydroxyl groups is 1. The Morgan fingerprint density at radius 1 is 1.21 bits per heavy atom. The number of aromatic nitrogens is 3. The second-order valence-electron chi connectivity index (χ2n) is 7.42. The van der Waals surface area contributed by atoms with Gasteiger partial charge in [0.2, 0.25) is 5.95 Å². The van der Waals surface area contributed by atoms with Gasteiger partial charge in [-0.3, -0.25) is 9.36 Å². The van der Waals surface area contributed by atoms with E-state index in [-0.39, 0.29) is 29.9 Å². The molecule has 7 heteroatoms. The third-order valence-corrected chi connectivity index (χ3v) is 5.39. The zero-order valence-electron chi connectivity index (χ0n) is 15.7. The fraction of sp³-hybridized carbons (Fsp3) is 0.381. The second-order valence-corrected chi connectivity index (χ2v) is 7.42. The average Bonchev–Trinajstić information content (AvgIpc) is 2.70. The van der Waals surface area contributed by atoms with Crippen molar-refractivity contribution in [2.75, 3.05) is 5.32 Å². The van der Waals surface area contributed by atoms with E-state index in [9.17, 15) is 14.3 Å². The number of benzene rings is 1. The zero-order chi connectivity index (χ0) is 19.7. The van der Waals surface area contributed by atoms with Crippen LogP contribution in [0.25, 0.3) is 11.0 Å². The van der Waals surface area contributed by atoms with Crippen LogP contribution in [0.15, 0.2) is 41.3 Å². The molecule has 0 atom stereocenters. The van der Waals surface area contributed by atoms with Gasteiger partial charge in [-0.2, -0.15) is 4.98 Å². The molecule has 0 bridgehead atoms. The number of hydrogen-bond acceptors (Lipinski definition) is 5. The Kier molecular flexibility index (Phi) is 5.09. The first-order chi connectivity index (χ1) is 13.5. The number of aryl methyl sites for hydroxylation is 1. The summed E-state index contributed by atoms with van der Waals surface area (Å²) < 4.78 is 15.5. The summed E-state index contributed by atoms with van der Waals surface area (Å²) in [6, 6.07) is 8.43. The maximum Gasteiger partial charge on any atom is 0.255 e. The number of halogens is 1. The smallest absolute Gasteiger partial charge is 0.255 e. The van der Waals surface area contributed by atoms with Crippen molar-refractivity contribution in [1.82, 2.24) is 14.5 Å². The van der Waals surface area contributed by atoms with Crippen molar-refractivity contribution < 1.29 is 9.50 Å². The maximum absolute atomic E-state index is 14.0. The summed E-state index contributed by atoms with van der Waals surface area (Å²) in [7, 11) is 1.67. The lowest BCUT2D eigenvalue weighted by Gasteiger charge is -2.26. The van der Waals surface area contributed by atoms with Crippen molar-refractivity contribution in [2.24, 2.45) is 7.05 Å². The Morgan fingerprint density at radius 3 is 2.71 bits per heavy atom. The minimum atomic E-state index is -0.321. The third-order valence-electron chi connectivity index (χ3n) is 5.39. The molecular weight excluding hydrogens is 359 g/mol. The lowest BCUT2D eigenvalue weighted by molar-refractivity contribution is 0.126. The first-order valence-electron chi connectivity index (χ1n) is 9.55. The maximum atomic E-state index is 14.0. The van der Waals surface area contributed by atoms with E-state index in [1.54, 1.807) is 37.5 Å². The van der Waals surface area contributed by atoms with Gasteiger partial charge in [0, 0.05) is 36.7 Å². The lowest BCUT2D eigenvalue weighted by atomic mass is 9.93. The van der Waals surface area contributed by atoms with Crippen molar-refractivity contribution in [1.29, 1.82) is 0 Å². The van der Waals surface area contributed by atoms with E-state index in [1.165, 1.54) is 10.6 Å². The van der Waals surface area contributed by atoms with Crippen LogP contribution in [0, 0.1) is 5.82 Å². The zero-order valence-corrected chi connectivity index (χ0v) is 15.7. The van der Waals surface area contributed by atoms with E-state index in [2.05, 4.69) is 15.3 Å². The van der Waals surface area contributed by atoms with Crippen LogP contribution in [0.1, 0.15) is 36.8 Å². The predicted octanol–water partition coefficient (Wildman–Crippen LogP) is 2.77. The van der Waals surface area contributed by atoms with E-state index in [0.717, 1.165) is 31.1 Å². The summed E-state index contributed by atoms with van der Waals surface area (Å²) in [6.07, 6.45) is 4.95. The van der Waals surface area contributed by atoms with Crippen molar-refractivity contribution in [2.45, 2.75) is 44.2 Å². The van der Waals surface area contributed by atoms with Gasteiger partial charge in [0.25, 0.3) is 5.56 Å². The molecule has 0 amide bonds. The van der Waals surface area contributed by atoms with Crippen LogP contribution in [-0.2, 0) is 13.5 Å². The van der Waals surface area contributed by atoms with Gasteiger partial charge in [0.05, 0.1) is 6.10 Å². The van der Waals surface area contributed by atoms with Crippen molar-refractivity contribution >= 4 is 17.0 Å². The molecule has 4 rings (SSSR count). The SMILES string of the molecule is Cn1c(=O)c(Cc2ccccc2F)cc2cnc(N[C@H]3CC[C@H](O)CC3)nc21. The number of nitrogens with zero attached hydrogens (tertiary/aromatic N) is 3. The quantitative estimate of drug-likeness (QED) is 0.725. The molecule has 6 nitrogen and oxygen atoms in total. The predicted molar refractivity (Wildman–Crippen MR) is 106 cm³/mol. The molecule has 1 aromatic carbocycles. The largest absolute Gasteiger partial charge is 0.393 e. The number of fused-ring (bicyclic) bond motifs is 1. The normalized spacial score (nSPS) is 19.7. The highest BCUT2D eigenvalue weighted by Gasteiger charge is 2.20. The summed E-state index contributed by atoms with van der Waals surface area (Å²) in [5, 5.41) is 13.7. The number of anilines is 1. The molecule has 146 valence electrons. The summed E-state index contributed by atoms with van der Waals surface area (Å²) in [6.45, 7) is 0. The molecule has 1 aliphatic rings. The molecule has 28 heavy (non-hydrogen) atoms. The van der Waals surface area contributed by atoms with Gasteiger partial charge < -0.3 is 10.4 Å². The first kappa shape index (κ1) is 18.6. The van der Waals surface area contributed by atoms with Crippen LogP contribution in [0.5, 0.6) is 0 Å². The van der Waals surface area contributed by atoms with Crippen molar-refractivity contribution in [3.05, 3.63) is 63.8 Å². The first-order valence-corrected chi connectivity index (χ1v) is 9.55. The standard InChI is InChI=1S/C21H23FN4O2/c1-26-19-15(11-14(20(26)28)10-13-4-2-3-5-18(13)22)12-23-21(25-19)24-16-6-8-17(27)9-7-16/h2-5,11-12,16-17,27H,6-10H2,1H3,(H,23,24,25)/t16-,17-. The van der Waals surface area contributed by atoms with Crippen LogP contribution < -0.4 is 10.9 Å². The topological polar surface area (TPSA) is 80.0 Å². The molecule has 0 aliphatic heterocycles. The Balaban J connectivity index is 1.63. The number of nitrogens with one attached hydrogen (secondary N) is 1. The molecule has 0 radical (unpaired) electrons. The molecule has 0 spiro atoms. The van der Waals surface area contributed by atoms with Gasteiger partial charge in [0.15, 0.2) is 0 Å². The molecular formula is C21H23FN4O2. The highest BCUT2D eigenvalue weighted by Crippen LogP contribution is 2.22. The molecule has 1 fully saturated rings. The van der Waals surface area contributed by atoms with Crippen LogP contribution >= 0.6 is 0 Å². The Morgan fingerprint density at radius 2 is 1.96 bits per heavy atom. The minimum Gasteiger partial charge on any atom is -0.393 e. The Hall–Kier alpha value is -2.80. The molecule has 0 saturated heterocycles. The summed E-state index contributed by atoms with van der Waals surface area (Å²) in [4.78, 5) is 21.7. The van der Waals surface area contributed by atoms with E-state index < -0.39 is 0 Å². The molecule has 2 heterocycles. The Labute approximate surface area is 162 Å². The number of pyridine rings is 1. The fourth-order valence-corrected chi connectivity index (χ4v) is 3.76. The van der Waals surface area contributed by atoms with Crippen LogP contribution in [0.3, 0.4) is 0 Å². The molecule has 1 saturated carbocycles. The monoisotopic (exact) mass is 382 g/mol. The van der Waals surface area contributed by atoms with E-state index in [0.29, 0.717) is 22.7 Å². The van der Waals surface area contributed by atoms with Gasteiger partial charge in [-0.25, -0.2) is 9.37 Å². The van der Waals surface area contributed by atoms with Gasteiger partial charge in [-0.1, -0.05) is 18.2 Å². The molecule has 2 N–H and O–H groups in total. The van der Waals surface area contributed by atoms with Crippen LogP contribution in [-0.4, -0.2) is 31.8 Å². The molecule has 1 aliphatic carbocycles. The highest BCUT2D eigenvalue weighted by molar-refractivity contribution is 5.76. The van der Waals surface area contributed by atoms with Crippen molar-refractivity contribution in [3.63, 3.8) is 0 Å². The summed E-state index contributed by atoms with van der Waals surface area (Å²) in [5.74, 6) is 0.156. The van der Waals surface area contributed by atoms with Crippen LogP contribution in [0.2, 0.25) is 0 Å². The molecule has 0 unspecified atom stereocenters. The van der Waals surface area contributed by atoms with Gasteiger partial charge in [0.1, 0.15) is 11.5 Å². The van der Waals surface area contributed by atoms with E-state index >= 15 is 0 Å². The van der Waals surface area contributed by atoms with Crippen LogP contribution in [0.4, 0.5) is 10.3 Å². The third kappa shape index (κ3) is 3.75. The van der Waals surface area contributed by atoms with E-state index in [1.807, 2.05) is 0 Å². The fourth-order valence-electron chi connectivity index (χ4n) is 3.76. The Bertz CT molecular complexity index is 1060. The number of rotatable bonds is 4. The van der Waals surface area contributed by atoms with Gasteiger partial charge in [-0.05, 0) is 43.4 Å². The highest BCUT2D eigenvalue weighted by atomic mass is 19.1. The second kappa shape index (κ2) is 7.67. The van der Waals surface area contributed by atoms with E-state index in [4.69, 9.17) is 0 Å². The van der Waals surface area contributed by atoms with Gasteiger partial charge >= 0.3 is 0 Å². The summed E-state index contributed by atoms with van der Waals surface area (Å²) >= 11 is 0. The minimum absolute atomic E-state index is 0.193.